The molecule has 1 aromatic rings. The van der Waals surface area contributed by atoms with Crippen LogP contribution in [-0.2, 0) is 5.54 Å². The van der Waals surface area contributed by atoms with Crippen molar-refractivity contribution in [3.63, 3.8) is 0 Å². The highest BCUT2D eigenvalue weighted by molar-refractivity contribution is 5.34. The van der Waals surface area contributed by atoms with E-state index < -0.39 is 11.7 Å². The fourth-order valence-corrected chi connectivity index (χ4v) is 2.00. The van der Waals surface area contributed by atoms with Crippen LogP contribution in [0.15, 0.2) is 18.2 Å². The summed E-state index contributed by atoms with van der Waals surface area (Å²) in [6.07, 6.45) is -3.65. The van der Waals surface area contributed by atoms with Gasteiger partial charge in [0.1, 0.15) is 5.54 Å². The van der Waals surface area contributed by atoms with Gasteiger partial charge in [-0.15, -0.1) is 0 Å². The van der Waals surface area contributed by atoms with E-state index in [-0.39, 0.29) is 5.56 Å². The van der Waals surface area contributed by atoms with Crippen molar-refractivity contribution in [3.8, 4) is 0 Å². The molecular weight excluding hydrogens is 239 g/mol. The molecule has 18 heavy (non-hydrogen) atoms. The minimum absolute atomic E-state index is 0.279. The van der Waals surface area contributed by atoms with Crippen molar-refractivity contribution >= 4 is 0 Å². The topological polar surface area (TPSA) is 12.0 Å². The molecule has 0 aliphatic heterocycles. The van der Waals surface area contributed by atoms with Crippen LogP contribution < -0.4 is 5.32 Å². The summed E-state index contributed by atoms with van der Waals surface area (Å²) in [5.74, 6) is 0. The molecule has 0 amide bonds. The summed E-state index contributed by atoms with van der Waals surface area (Å²) in [4.78, 5) is 0. The number of hydrogen-bond donors (Lipinski definition) is 1. The first kappa shape index (κ1) is 15.0. The van der Waals surface area contributed by atoms with E-state index in [0.717, 1.165) is 11.1 Å². The Morgan fingerprint density at radius 1 is 1.06 bits per heavy atom. The molecule has 102 valence electrons. The van der Waals surface area contributed by atoms with E-state index in [1.165, 1.54) is 6.92 Å². The predicted molar refractivity (Wildman–Crippen MR) is 67.6 cm³/mol. The van der Waals surface area contributed by atoms with Crippen molar-refractivity contribution in [1.82, 2.24) is 5.32 Å². The van der Waals surface area contributed by atoms with E-state index in [0.29, 0.717) is 13.0 Å². The largest absolute Gasteiger partial charge is 0.410 e. The number of halogens is 3. The third-order valence-electron chi connectivity index (χ3n) is 3.09. The van der Waals surface area contributed by atoms with Gasteiger partial charge in [0.05, 0.1) is 0 Å². The molecule has 0 saturated heterocycles. The van der Waals surface area contributed by atoms with Gasteiger partial charge in [-0.1, -0.05) is 36.2 Å². The Balaban J connectivity index is 3.25. The lowest BCUT2D eigenvalue weighted by Gasteiger charge is -2.34. The number of benzene rings is 1. The molecule has 0 fully saturated rings. The highest BCUT2D eigenvalue weighted by Crippen LogP contribution is 2.39. The molecule has 1 aromatic carbocycles. The van der Waals surface area contributed by atoms with Gasteiger partial charge in [0.2, 0.25) is 0 Å². The van der Waals surface area contributed by atoms with E-state index in [1.807, 2.05) is 26.8 Å². The Morgan fingerprint density at radius 3 is 1.94 bits per heavy atom. The van der Waals surface area contributed by atoms with E-state index >= 15 is 0 Å². The zero-order valence-electron chi connectivity index (χ0n) is 11.3. The molecule has 1 atom stereocenters. The van der Waals surface area contributed by atoms with Gasteiger partial charge in [-0.2, -0.15) is 13.2 Å². The number of aryl methyl sites for hydroxylation is 2. The quantitative estimate of drug-likeness (QED) is 0.859. The van der Waals surface area contributed by atoms with E-state index in [9.17, 15) is 13.2 Å². The number of hydrogen-bond acceptors (Lipinski definition) is 1. The Hall–Kier alpha value is -1.03. The molecule has 4 heteroatoms. The fraction of sp³-hybridized carbons (Fsp3) is 0.571. The maximum atomic E-state index is 13.3. The molecule has 0 aliphatic carbocycles. The van der Waals surface area contributed by atoms with Crippen LogP contribution in [-0.4, -0.2) is 12.7 Å². The summed E-state index contributed by atoms with van der Waals surface area (Å²) in [5.41, 5.74) is -0.0155. The van der Waals surface area contributed by atoms with Crippen LogP contribution in [0.4, 0.5) is 13.2 Å². The minimum Gasteiger partial charge on any atom is -0.300 e. The van der Waals surface area contributed by atoms with Crippen LogP contribution >= 0.6 is 0 Å². The van der Waals surface area contributed by atoms with Crippen LogP contribution in [0.5, 0.6) is 0 Å². The van der Waals surface area contributed by atoms with Crippen LogP contribution in [0.3, 0.4) is 0 Å². The van der Waals surface area contributed by atoms with Crippen molar-refractivity contribution in [2.45, 2.75) is 45.8 Å². The van der Waals surface area contributed by atoms with Gasteiger partial charge in [-0.05, 0) is 39.3 Å². The second kappa shape index (κ2) is 5.31. The summed E-state index contributed by atoms with van der Waals surface area (Å²) in [6.45, 7) is 7.02. The highest BCUT2D eigenvalue weighted by atomic mass is 19.4. The monoisotopic (exact) mass is 259 g/mol. The van der Waals surface area contributed by atoms with E-state index in [1.54, 1.807) is 12.1 Å². The van der Waals surface area contributed by atoms with Crippen molar-refractivity contribution in [3.05, 3.63) is 34.9 Å². The van der Waals surface area contributed by atoms with Gasteiger partial charge >= 0.3 is 6.18 Å². The van der Waals surface area contributed by atoms with Gasteiger partial charge < -0.3 is 5.32 Å². The molecule has 0 aliphatic rings. The lowest BCUT2D eigenvalue weighted by atomic mass is 9.88. The number of nitrogens with one attached hydrogen (secondary N) is 1. The van der Waals surface area contributed by atoms with Crippen LogP contribution in [0.25, 0.3) is 0 Å². The van der Waals surface area contributed by atoms with Gasteiger partial charge in [0, 0.05) is 0 Å². The Bertz CT molecular complexity index is 392. The third kappa shape index (κ3) is 3.05. The zero-order valence-corrected chi connectivity index (χ0v) is 11.3. The van der Waals surface area contributed by atoms with Crippen molar-refractivity contribution in [2.75, 3.05) is 6.54 Å². The van der Waals surface area contributed by atoms with Crippen molar-refractivity contribution < 1.29 is 13.2 Å². The minimum atomic E-state index is -4.32. The van der Waals surface area contributed by atoms with E-state index in [4.69, 9.17) is 0 Å². The smallest absolute Gasteiger partial charge is 0.300 e. The Kier molecular flexibility index (Phi) is 4.43. The van der Waals surface area contributed by atoms with Crippen molar-refractivity contribution in [1.29, 1.82) is 0 Å². The molecule has 0 heterocycles. The maximum Gasteiger partial charge on any atom is 0.410 e. The highest BCUT2D eigenvalue weighted by Gasteiger charge is 2.51. The second-order valence-corrected chi connectivity index (χ2v) is 4.93. The lowest BCUT2D eigenvalue weighted by Crippen LogP contribution is -2.51. The van der Waals surface area contributed by atoms with Crippen LogP contribution in [0.1, 0.15) is 37.0 Å². The molecule has 1 nitrogen and oxygen atoms in total. The Morgan fingerprint density at radius 2 is 1.56 bits per heavy atom. The first-order chi connectivity index (χ1) is 8.20. The summed E-state index contributed by atoms with van der Waals surface area (Å²) >= 11 is 0. The molecule has 1 unspecified atom stereocenters. The molecule has 0 spiro atoms. The van der Waals surface area contributed by atoms with Gasteiger partial charge in [0.25, 0.3) is 0 Å². The summed E-state index contributed by atoms with van der Waals surface area (Å²) in [7, 11) is 0. The molecular formula is C14H20F3N. The van der Waals surface area contributed by atoms with Gasteiger partial charge in [0.15, 0.2) is 0 Å². The molecule has 0 radical (unpaired) electrons. The fourth-order valence-electron chi connectivity index (χ4n) is 2.00. The summed E-state index contributed by atoms with van der Waals surface area (Å²) in [5, 5.41) is 2.63. The average molecular weight is 259 g/mol. The SMILES string of the molecule is CCCNC(C)(c1cc(C)cc(C)c1)C(F)(F)F. The third-order valence-corrected chi connectivity index (χ3v) is 3.09. The van der Waals surface area contributed by atoms with Crippen molar-refractivity contribution in [2.24, 2.45) is 0 Å². The van der Waals surface area contributed by atoms with Crippen LogP contribution in [0.2, 0.25) is 0 Å². The van der Waals surface area contributed by atoms with Gasteiger partial charge in [-0.25, -0.2) is 0 Å². The van der Waals surface area contributed by atoms with Crippen LogP contribution in [0, 0.1) is 13.8 Å². The second-order valence-electron chi connectivity index (χ2n) is 4.93. The summed E-state index contributed by atoms with van der Waals surface area (Å²) in [6, 6.07) is 5.08. The Labute approximate surface area is 106 Å². The molecule has 0 aromatic heterocycles. The predicted octanol–water partition coefficient (Wildman–Crippen LogP) is 4.08. The standard InChI is InChI=1S/C14H20F3N/c1-5-6-18-13(4,14(15,16)17)12-8-10(2)7-11(3)9-12/h7-9,18H,5-6H2,1-4H3. The van der Waals surface area contributed by atoms with E-state index in [2.05, 4.69) is 5.32 Å². The molecule has 1 N–H and O–H groups in total. The van der Waals surface area contributed by atoms with Gasteiger partial charge in [-0.3, -0.25) is 0 Å². The normalized spacial score (nSPS) is 15.5. The zero-order chi connectivity index (χ0) is 14.0. The molecule has 1 rings (SSSR count). The number of rotatable bonds is 4. The average Bonchev–Trinajstić information content (AvgIpc) is 2.22. The first-order valence-corrected chi connectivity index (χ1v) is 6.11. The maximum absolute atomic E-state index is 13.3. The first-order valence-electron chi connectivity index (χ1n) is 6.11. The molecule has 0 saturated carbocycles. The lowest BCUT2D eigenvalue weighted by molar-refractivity contribution is -0.195. The number of alkyl halides is 3. The summed E-state index contributed by atoms with van der Waals surface area (Å²) < 4.78 is 39.9. The molecule has 0 bridgehead atoms.